The molecule has 0 bridgehead atoms. The van der Waals surface area contributed by atoms with Crippen molar-refractivity contribution in [3.05, 3.63) is 52.1 Å². The molecule has 2 rings (SSSR count). The molecule has 158 valence electrons. The summed E-state index contributed by atoms with van der Waals surface area (Å²) in [7, 11) is 0. The minimum atomic E-state index is -0.796. The summed E-state index contributed by atoms with van der Waals surface area (Å²) >= 11 is 0. The van der Waals surface area contributed by atoms with E-state index in [1.165, 1.54) is 0 Å². The average Bonchev–Trinajstić information content (AvgIpc) is 2.60. The number of aromatic hydroxyl groups is 1. The number of rotatable bonds is 7. The highest BCUT2D eigenvalue weighted by atomic mass is 16.4. The number of carboxylic acid groups (broad SMARTS) is 1. The topological polar surface area (TPSA) is 57.5 Å². The van der Waals surface area contributed by atoms with Gasteiger partial charge in [-0.25, -0.2) is 0 Å². The molecular weight excluding hydrogens is 360 g/mol. The van der Waals surface area contributed by atoms with Crippen LogP contribution in [0.15, 0.2) is 24.3 Å². The molecule has 0 unspecified atom stereocenters. The maximum Gasteiger partial charge on any atom is 0.307 e. The van der Waals surface area contributed by atoms with Crippen molar-refractivity contribution in [2.75, 3.05) is 0 Å². The van der Waals surface area contributed by atoms with Crippen molar-refractivity contribution in [1.82, 2.24) is 0 Å². The van der Waals surface area contributed by atoms with Crippen LogP contribution < -0.4 is 0 Å². The van der Waals surface area contributed by atoms with Crippen LogP contribution in [0.2, 0.25) is 0 Å². The first kappa shape index (κ1) is 23.0. The van der Waals surface area contributed by atoms with Gasteiger partial charge in [0.05, 0.1) is 6.42 Å². The van der Waals surface area contributed by atoms with Gasteiger partial charge in [-0.1, -0.05) is 67.5 Å². The van der Waals surface area contributed by atoms with Gasteiger partial charge in [-0.2, -0.15) is 0 Å². The lowest BCUT2D eigenvalue weighted by Gasteiger charge is -2.22. The Hall–Kier alpha value is -2.29. The van der Waals surface area contributed by atoms with E-state index in [1.54, 1.807) is 0 Å². The smallest absolute Gasteiger partial charge is 0.307 e. The van der Waals surface area contributed by atoms with Crippen molar-refractivity contribution in [2.45, 2.75) is 85.5 Å². The summed E-state index contributed by atoms with van der Waals surface area (Å²) in [5.74, 6) is 0.492. The van der Waals surface area contributed by atoms with E-state index in [2.05, 4.69) is 79.7 Å². The standard InChI is InChI=1S/C26H36O3/c1-14(2)20-9-18(10-21(15(3)4)24(20)13-25(27)28)19-11-22(16(5)6)26(29)23(12-19)17(7)8/h9-12,14-17,29H,13H2,1-8H3,(H,27,28). The van der Waals surface area contributed by atoms with Crippen molar-refractivity contribution in [3.63, 3.8) is 0 Å². The summed E-state index contributed by atoms with van der Waals surface area (Å²) in [5.41, 5.74) is 7.23. The first-order valence-electron chi connectivity index (χ1n) is 10.7. The lowest BCUT2D eigenvalue weighted by atomic mass is 9.82. The molecule has 0 amide bonds. The number of phenols is 1. The Bertz CT molecular complexity index is 831. The van der Waals surface area contributed by atoms with Crippen LogP contribution in [0.25, 0.3) is 11.1 Å². The van der Waals surface area contributed by atoms with Gasteiger partial charge in [0.25, 0.3) is 0 Å². The van der Waals surface area contributed by atoms with Crippen LogP contribution in [0.3, 0.4) is 0 Å². The first-order valence-corrected chi connectivity index (χ1v) is 10.7. The van der Waals surface area contributed by atoms with Gasteiger partial charge in [0.2, 0.25) is 0 Å². The molecule has 0 radical (unpaired) electrons. The Labute approximate surface area is 175 Å². The fraction of sp³-hybridized carbons (Fsp3) is 0.500. The Morgan fingerprint density at radius 2 is 1.00 bits per heavy atom. The quantitative estimate of drug-likeness (QED) is 0.521. The monoisotopic (exact) mass is 396 g/mol. The summed E-state index contributed by atoms with van der Waals surface area (Å²) in [6.07, 6.45) is 0.0470. The fourth-order valence-corrected chi connectivity index (χ4v) is 4.00. The van der Waals surface area contributed by atoms with Crippen LogP contribution in [0.5, 0.6) is 5.75 Å². The predicted octanol–water partition coefficient (Wildman–Crippen LogP) is 7.18. The van der Waals surface area contributed by atoms with Crippen molar-refractivity contribution < 1.29 is 15.0 Å². The minimum absolute atomic E-state index is 0.0470. The lowest BCUT2D eigenvalue weighted by molar-refractivity contribution is -0.136. The van der Waals surface area contributed by atoms with E-state index in [0.717, 1.165) is 38.9 Å². The molecule has 29 heavy (non-hydrogen) atoms. The van der Waals surface area contributed by atoms with E-state index in [9.17, 15) is 15.0 Å². The Kier molecular flexibility index (Phi) is 7.15. The summed E-state index contributed by atoms with van der Waals surface area (Å²) in [6.45, 7) is 16.8. The molecular formula is C26H36O3. The Balaban J connectivity index is 2.83. The SMILES string of the molecule is CC(C)c1cc(-c2cc(C(C)C)c(CC(=O)O)c(C(C)C)c2)cc(C(C)C)c1O. The molecule has 0 aliphatic heterocycles. The van der Waals surface area contributed by atoms with Gasteiger partial charge in [0.15, 0.2) is 0 Å². The van der Waals surface area contributed by atoms with Gasteiger partial charge < -0.3 is 10.2 Å². The molecule has 2 N–H and O–H groups in total. The second-order valence-electron chi connectivity index (χ2n) is 9.33. The van der Waals surface area contributed by atoms with E-state index in [1.807, 2.05) is 0 Å². The van der Waals surface area contributed by atoms with E-state index in [4.69, 9.17) is 0 Å². The van der Waals surface area contributed by atoms with Crippen LogP contribution in [0.1, 0.15) is 107 Å². The molecule has 0 spiro atoms. The third-order valence-electron chi connectivity index (χ3n) is 5.64. The molecule has 0 aromatic heterocycles. The highest BCUT2D eigenvalue weighted by Crippen LogP contribution is 2.40. The van der Waals surface area contributed by atoms with Gasteiger partial charge in [-0.3, -0.25) is 4.79 Å². The van der Waals surface area contributed by atoms with Crippen LogP contribution >= 0.6 is 0 Å². The van der Waals surface area contributed by atoms with Gasteiger partial charge in [0, 0.05) is 0 Å². The zero-order valence-corrected chi connectivity index (χ0v) is 19.1. The molecule has 0 aliphatic rings. The van der Waals surface area contributed by atoms with Crippen molar-refractivity contribution in [1.29, 1.82) is 0 Å². The number of benzene rings is 2. The second kappa shape index (κ2) is 9.02. The van der Waals surface area contributed by atoms with Gasteiger partial charge in [0.1, 0.15) is 5.75 Å². The van der Waals surface area contributed by atoms with E-state index < -0.39 is 5.97 Å². The average molecular weight is 397 g/mol. The Morgan fingerprint density at radius 3 is 1.28 bits per heavy atom. The molecule has 2 aromatic rings. The summed E-state index contributed by atoms with van der Waals surface area (Å²) in [6, 6.07) is 8.48. The highest BCUT2D eigenvalue weighted by molar-refractivity contribution is 5.75. The van der Waals surface area contributed by atoms with E-state index in [0.29, 0.717) is 5.75 Å². The number of aliphatic carboxylic acids is 1. The van der Waals surface area contributed by atoms with Gasteiger partial charge in [-0.05, 0) is 74.7 Å². The highest BCUT2D eigenvalue weighted by Gasteiger charge is 2.21. The fourth-order valence-electron chi connectivity index (χ4n) is 4.00. The number of carboxylic acids is 1. The first-order chi connectivity index (χ1) is 13.4. The minimum Gasteiger partial charge on any atom is -0.507 e. The largest absolute Gasteiger partial charge is 0.507 e. The maximum atomic E-state index is 11.5. The van der Waals surface area contributed by atoms with Gasteiger partial charge in [-0.15, -0.1) is 0 Å². The summed E-state index contributed by atoms with van der Waals surface area (Å²) < 4.78 is 0. The third kappa shape index (κ3) is 5.01. The van der Waals surface area contributed by atoms with Crippen molar-refractivity contribution in [2.24, 2.45) is 0 Å². The van der Waals surface area contributed by atoms with Crippen molar-refractivity contribution >= 4 is 5.97 Å². The van der Waals surface area contributed by atoms with Crippen molar-refractivity contribution in [3.8, 4) is 16.9 Å². The van der Waals surface area contributed by atoms with Crippen LogP contribution in [0, 0.1) is 0 Å². The predicted molar refractivity (Wildman–Crippen MR) is 121 cm³/mol. The Morgan fingerprint density at radius 1 is 0.690 bits per heavy atom. The lowest BCUT2D eigenvalue weighted by Crippen LogP contribution is -2.10. The number of hydrogen-bond acceptors (Lipinski definition) is 2. The maximum absolute atomic E-state index is 11.5. The normalized spacial score (nSPS) is 11.9. The second-order valence-corrected chi connectivity index (χ2v) is 9.33. The molecule has 0 saturated heterocycles. The van der Waals surface area contributed by atoms with E-state index >= 15 is 0 Å². The number of carbonyl (C=O) groups is 1. The number of phenolic OH excluding ortho intramolecular Hbond substituents is 1. The number of hydrogen-bond donors (Lipinski definition) is 2. The molecule has 0 aliphatic carbocycles. The van der Waals surface area contributed by atoms with Crippen LogP contribution in [0.4, 0.5) is 0 Å². The summed E-state index contributed by atoms with van der Waals surface area (Å²) in [5, 5.41) is 20.2. The molecule has 0 fully saturated rings. The zero-order valence-electron chi connectivity index (χ0n) is 19.1. The molecule has 3 nitrogen and oxygen atoms in total. The molecule has 2 aromatic carbocycles. The van der Waals surface area contributed by atoms with Crippen LogP contribution in [-0.4, -0.2) is 16.2 Å². The van der Waals surface area contributed by atoms with E-state index in [-0.39, 0.29) is 30.1 Å². The molecule has 0 atom stereocenters. The molecule has 3 heteroatoms. The summed E-state index contributed by atoms with van der Waals surface area (Å²) in [4.78, 5) is 11.5. The van der Waals surface area contributed by atoms with Crippen LogP contribution in [-0.2, 0) is 11.2 Å². The third-order valence-corrected chi connectivity index (χ3v) is 5.64. The molecule has 0 heterocycles. The zero-order chi connectivity index (χ0) is 22.0. The molecule has 0 saturated carbocycles. The van der Waals surface area contributed by atoms with Gasteiger partial charge >= 0.3 is 5.97 Å².